The van der Waals surface area contributed by atoms with Crippen molar-refractivity contribution in [2.24, 2.45) is 0 Å². The molecule has 1 aromatic carbocycles. The number of hydrogen-bond donors (Lipinski definition) is 2. The van der Waals surface area contributed by atoms with Crippen LogP contribution in [0.25, 0.3) is 0 Å². The Bertz CT molecular complexity index is 499. The van der Waals surface area contributed by atoms with Gasteiger partial charge in [0.2, 0.25) is 5.91 Å². The zero-order valence-electron chi connectivity index (χ0n) is 12.1. The van der Waals surface area contributed by atoms with E-state index in [1.54, 1.807) is 50.1 Å². The van der Waals surface area contributed by atoms with Crippen LogP contribution in [0.5, 0.6) is 5.75 Å². The van der Waals surface area contributed by atoms with E-state index in [1.165, 1.54) is 4.90 Å². The monoisotopic (exact) mass is 309 g/mol. The Morgan fingerprint density at radius 1 is 1.38 bits per heavy atom. The number of carbonyl (C=O) groups is 2. The second kappa shape index (κ2) is 7.33. The number of amides is 2. The van der Waals surface area contributed by atoms with Gasteiger partial charge in [-0.15, -0.1) is 11.8 Å². The van der Waals surface area contributed by atoms with Crippen molar-refractivity contribution in [3.63, 3.8) is 0 Å². The lowest BCUT2D eigenvalue weighted by molar-refractivity contribution is -0.130. The van der Waals surface area contributed by atoms with Crippen molar-refractivity contribution in [2.75, 3.05) is 37.6 Å². The molecular formula is C14H19N3O3S. The fraction of sp³-hybridized carbons (Fsp3) is 0.429. The van der Waals surface area contributed by atoms with E-state index in [2.05, 4.69) is 10.6 Å². The molecule has 1 heterocycles. The Morgan fingerprint density at radius 2 is 2.10 bits per heavy atom. The Balaban J connectivity index is 1.84. The third-order valence-corrected chi connectivity index (χ3v) is 3.96. The van der Waals surface area contributed by atoms with Gasteiger partial charge in [0, 0.05) is 31.4 Å². The maximum absolute atomic E-state index is 11.9. The first-order valence-electron chi connectivity index (χ1n) is 6.61. The number of nitrogens with zero attached hydrogens (tertiary/aromatic N) is 1. The van der Waals surface area contributed by atoms with Gasteiger partial charge in [-0.25, -0.2) is 0 Å². The summed E-state index contributed by atoms with van der Waals surface area (Å²) in [6.07, 6.45) is 0. The highest BCUT2D eigenvalue weighted by Gasteiger charge is 2.22. The number of likely N-dealkylation sites (N-methyl/N-ethyl adjacent to an activating group) is 1. The van der Waals surface area contributed by atoms with Crippen molar-refractivity contribution < 1.29 is 14.3 Å². The number of benzene rings is 1. The van der Waals surface area contributed by atoms with E-state index in [9.17, 15) is 9.59 Å². The summed E-state index contributed by atoms with van der Waals surface area (Å²) in [6.45, 7) is 0.00191. The molecule has 1 fully saturated rings. The molecule has 21 heavy (non-hydrogen) atoms. The molecule has 1 unspecified atom stereocenters. The van der Waals surface area contributed by atoms with E-state index < -0.39 is 0 Å². The van der Waals surface area contributed by atoms with Crippen molar-refractivity contribution in [3.05, 3.63) is 24.3 Å². The molecule has 0 aromatic heterocycles. The predicted molar refractivity (Wildman–Crippen MR) is 83.5 cm³/mol. The largest absolute Gasteiger partial charge is 0.484 e. The molecule has 1 saturated heterocycles. The average molecular weight is 309 g/mol. The normalized spacial score (nSPS) is 17.3. The Kier molecular flexibility index (Phi) is 5.46. The summed E-state index contributed by atoms with van der Waals surface area (Å²) in [4.78, 5) is 24.8. The van der Waals surface area contributed by atoms with Crippen molar-refractivity contribution in [3.8, 4) is 5.75 Å². The van der Waals surface area contributed by atoms with Gasteiger partial charge in [0.15, 0.2) is 6.61 Å². The van der Waals surface area contributed by atoms with Gasteiger partial charge in [-0.2, -0.15) is 0 Å². The third kappa shape index (κ3) is 4.64. The van der Waals surface area contributed by atoms with Gasteiger partial charge in [-0.1, -0.05) is 0 Å². The summed E-state index contributed by atoms with van der Waals surface area (Å²) < 4.78 is 5.37. The molecule has 1 aliphatic rings. The first-order valence-corrected chi connectivity index (χ1v) is 7.77. The predicted octanol–water partition coefficient (Wildman–Crippen LogP) is 0.755. The zero-order valence-corrected chi connectivity index (χ0v) is 12.9. The van der Waals surface area contributed by atoms with Crippen LogP contribution in [0.4, 0.5) is 5.69 Å². The van der Waals surface area contributed by atoms with Crippen LogP contribution in [0.1, 0.15) is 0 Å². The molecule has 6 nitrogen and oxygen atoms in total. The smallest absolute Gasteiger partial charge is 0.259 e. The molecule has 0 spiro atoms. The third-order valence-electron chi connectivity index (χ3n) is 3.02. The number of ether oxygens (including phenoxy) is 1. The molecule has 0 aliphatic carbocycles. The number of rotatable bonds is 5. The Hall–Kier alpha value is -1.73. The molecule has 7 heteroatoms. The second-order valence-electron chi connectivity index (χ2n) is 4.86. The van der Waals surface area contributed by atoms with E-state index in [1.807, 2.05) is 0 Å². The topological polar surface area (TPSA) is 70.7 Å². The van der Waals surface area contributed by atoms with Crippen molar-refractivity contribution >= 4 is 29.3 Å². The summed E-state index contributed by atoms with van der Waals surface area (Å²) in [7, 11) is 3.36. The minimum Gasteiger partial charge on any atom is -0.484 e. The zero-order chi connectivity index (χ0) is 15.2. The van der Waals surface area contributed by atoms with Crippen molar-refractivity contribution in [1.82, 2.24) is 10.2 Å². The lowest BCUT2D eigenvalue weighted by Crippen LogP contribution is -2.37. The number of hydrogen-bond acceptors (Lipinski definition) is 5. The van der Waals surface area contributed by atoms with Gasteiger partial charge in [0.1, 0.15) is 5.75 Å². The van der Waals surface area contributed by atoms with Crippen LogP contribution in [0.15, 0.2) is 24.3 Å². The SMILES string of the molecule is CN(C)C(=O)COc1ccc(NC(=O)C2CSCN2)cc1. The summed E-state index contributed by atoms with van der Waals surface area (Å²) in [6, 6.07) is 6.85. The van der Waals surface area contributed by atoms with Crippen LogP contribution in [-0.2, 0) is 9.59 Å². The summed E-state index contributed by atoms with van der Waals surface area (Å²) in [5.74, 6) is 2.07. The highest BCUT2D eigenvalue weighted by molar-refractivity contribution is 7.99. The molecule has 0 bridgehead atoms. The van der Waals surface area contributed by atoms with E-state index in [0.717, 1.165) is 11.6 Å². The molecular weight excluding hydrogens is 290 g/mol. The van der Waals surface area contributed by atoms with Crippen LogP contribution < -0.4 is 15.4 Å². The van der Waals surface area contributed by atoms with Crippen LogP contribution in [-0.4, -0.2) is 55.1 Å². The molecule has 2 amide bonds. The van der Waals surface area contributed by atoms with Gasteiger partial charge >= 0.3 is 0 Å². The number of carbonyl (C=O) groups excluding carboxylic acids is 2. The van der Waals surface area contributed by atoms with Crippen LogP contribution >= 0.6 is 11.8 Å². The minimum absolute atomic E-state index is 0.00191. The van der Waals surface area contributed by atoms with Gasteiger partial charge in [-0.05, 0) is 24.3 Å². The molecule has 1 atom stereocenters. The molecule has 2 N–H and O–H groups in total. The second-order valence-corrected chi connectivity index (χ2v) is 5.89. The molecule has 0 radical (unpaired) electrons. The van der Waals surface area contributed by atoms with E-state index >= 15 is 0 Å². The van der Waals surface area contributed by atoms with Crippen LogP contribution in [0.3, 0.4) is 0 Å². The van der Waals surface area contributed by atoms with Crippen molar-refractivity contribution in [1.29, 1.82) is 0 Å². The summed E-state index contributed by atoms with van der Waals surface area (Å²) in [5.41, 5.74) is 0.713. The first-order chi connectivity index (χ1) is 10.1. The lowest BCUT2D eigenvalue weighted by Gasteiger charge is -2.12. The number of anilines is 1. The highest BCUT2D eigenvalue weighted by Crippen LogP contribution is 2.17. The standard InChI is InChI=1S/C14H19N3O3S/c1-17(2)13(18)7-20-11-5-3-10(4-6-11)16-14(19)12-8-21-9-15-12/h3-6,12,15H,7-9H2,1-2H3,(H,16,19). The van der Waals surface area contributed by atoms with Gasteiger partial charge in [0.05, 0.1) is 6.04 Å². The number of nitrogens with one attached hydrogen (secondary N) is 2. The van der Waals surface area contributed by atoms with Crippen LogP contribution in [0.2, 0.25) is 0 Å². The van der Waals surface area contributed by atoms with E-state index in [4.69, 9.17) is 4.74 Å². The van der Waals surface area contributed by atoms with Gasteiger partial charge in [0.25, 0.3) is 5.91 Å². The Morgan fingerprint density at radius 3 is 2.67 bits per heavy atom. The molecule has 0 saturated carbocycles. The summed E-state index contributed by atoms with van der Waals surface area (Å²) >= 11 is 1.71. The lowest BCUT2D eigenvalue weighted by atomic mass is 10.2. The quantitative estimate of drug-likeness (QED) is 0.840. The average Bonchev–Trinajstić information content (AvgIpc) is 3.00. The van der Waals surface area contributed by atoms with Gasteiger partial charge in [-0.3, -0.25) is 14.9 Å². The highest BCUT2D eigenvalue weighted by atomic mass is 32.2. The summed E-state index contributed by atoms with van der Waals surface area (Å²) in [5, 5.41) is 5.96. The maximum Gasteiger partial charge on any atom is 0.259 e. The minimum atomic E-state index is -0.136. The first kappa shape index (κ1) is 15.7. The fourth-order valence-electron chi connectivity index (χ4n) is 1.70. The van der Waals surface area contributed by atoms with E-state index in [0.29, 0.717) is 11.4 Å². The molecule has 2 rings (SSSR count). The molecule has 1 aliphatic heterocycles. The maximum atomic E-state index is 11.9. The molecule has 1 aromatic rings. The van der Waals surface area contributed by atoms with Gasteiger partial charge < -0.3 is 15.0 Å². The van der Waals surface area contributed by atoms with E-state index in [-0.39, 0.29) is 24.5 Å². The number of thioether (sulfide) groups is 1. The van der Waals surface area contributed by atoms with Crippen LogP contribution in [0, 0.1) is 0 Å². The van der Waals surface area contributed by atoms with Crippen molar-refractivity contribution in [2.45, 2.75) is 6.04 Å². The molecule has 114 valence electrons. The Labute approximate surface area is 128 Å². The fourth-order valence-corrected chi connectivity index (χ4v) is 2.64.